The van der Waals surface area contributed by atoms with E-state index in [4.69, 9.17) is 9.47 Å². The molecule has 0 unspecified atom stereocenters. The maximum absolute atomic E-state index is 15.0. The number of esters is 1. The van der Waals surface area contributed by atoms with Crippen molar-refractivity contribution >= 4 is 12.1 Å². The molecule has 0 bridgehead atoms. The number of ether oxygens (including phenoxy) is 2. The molecule has 0 aliphatic carbocycles. The molecule has 0 radical (unpaired) electrons. The summed E-state index contributed by atoms with van der Waals surface area (Å²) in [6.07, 6.45) is -2.16. The Morgan fingerprint density at radius 3 is 2.38 bits per heavy atom. The van der Waals surface area contributed by atoms with Crippen molar-refractivity contribution in [1.82, 2.24) is 14.9 Å². The molecule has 0 aromatic heterocycles. The molecular formula is C21H33F4N3O4. The standard InChI is InChI=1S/C21H33F4N3O4/c1-7-10-31-17(29)20(5,6)8-9-28-16-14(11-26(28)12-15(22)23)27(13-21(16,24)25)18(30)32-19(2,3)4/h7,14-16H,1,8-13H2,2-6H3/t14-,16+/m1/s1. The number of amides is 1. The molecule has 0 spiro atoms. The summed E-state index contributed by atoms with van der Waals surface area (Å²) in [7, 11) is 0. The largest absolute Gasteiger partial charge is 0.461 e. The van der Waals surface area contributed by atoms with Crippen LogP contribution in [-0.4, -0.2) is 89.8 Å². The van der Waals surface area contributed by atoms with Gasteiger partial charge in [0.15, 0.2) is 0 Å². The molecular weight excluding hydrogens is 434 g/mol. The molecule has 32 heavy (non-hydrogen) atoms. The van der Waals surface area contributed by atoms with Gasteiger partial charge in [-0.3, -0.25) is 9.69 Å². The van der Waals surface area contributed by atoms with Crippen molar-refractivity contribution in [2.24, 2.45) is 5.41 Å². The van der Waals surface area contributed by atoms with E-state index in [1.165, 1.54) is 11.1 Å². The number of hydrazine groups is 1. The zero-order valence-corrected chi connectivity index (χ0v) is 19.2. The molecule has 0 saturated carbocycles. The molecule has 2 rings (SSSR count). The molecule has 2 aliphatic heterocycles. The highest BCUT2D eigenvalue weighted by Crippen LogP contribution is 2.42. The first-order chi connectivity index (χ1) is 14.6. The fourth-order valence-corrected chi connectivity index (χ4v) is 3.97. The van der Waals surface area contributed by atoms with E-state index in [2.05, 4.69) is 6.58 Å². The van der Waals surface area contributed by atoms with Crippen LogP contribution in [0.5, 0.6) is 0 Å². The highest BCUT2D eigenvalue weighted by molar-refractivity contribution is 5.76. The molecule has 7 nitrogen and oxygen atoms in total. The van der Waals surface area contributed by atoms with Gasteiger partial charge < -0.3 is 9.47 Å². The summed E-state index contributed by atoms with van der Waals surface area (Å²) >= 11 is 0. The number of rotatable bonds is 8. The first kappa shape index (κ1) is 26.4. The van der Waals surface area contributed by atoms with Crippen molar-refractivity contribution in [2.45, 2.75) is 71.1 Å². The number of fused-ring (bicyclic) bond motifs is 1. The Bertz CT molecular complexity index is 712. The predicted molar refractivity (Wildman–Crippen MR) is 109 cm³/mol. The summed E-state index contributed by atoms with van der Waals surface area (Å²) in [5.41, 5.74) is -1.92. The van der Waals surface area contributed by atoms with Gasteiger partial charge >= 0.3 is 12.1 Å². The molecule has 0 N–H and O–H groups in total. The minimum Gasteiger partial charge on any atom is -0.461 e. The molecule has 184 valence electrons. The van der Waals surface area contributed by atoms with Gasteiger partial charge in [0.1, 0.15) is 18.2 Å². The molecule has 2 saturated heterocycles. The first-order valence-electron chi connectivity index (χ1n) is 10.5. The van der Waals surface area contributed by atoms with Crippen LogP contribution in [0.15, 0.2) is 12.7 Å². The first-order valence-corrected chi connectivity index (χ1v) is 10.5. The highest BCUT2D eigenvalue weighted by atomic mass is 19.3. The Labute approximate surface area is 186 Å². The van der Waals surface area contributed by atoms with Crippen LogP contribution in [0.25, 0.3) is 0 Å². The minimum absolute atomic E-state index is 0.0110. The molecule has 1 amide bonds. The normalized spacial score (nSPS) is 24.0. The Kier molecular flexibility index (Phi) is 7.87. The third-order valence-electron chi connectivity index (χ3n) is 5.49. The molecule has 2 aliphatic rings. The van der Waals surface area contributed by atoms with Gasteiger partial charge in [-0.2, -0.15) is 0 Å². The van der Waals surface area contributed by atoms with Gasteiger partial charge in [0.05, 0.1) is 24.5 Å². The van der Waals surface area contributed by atoms with Gasteiger partial charge in [0.25, 0.3) is 12.3 Å². The van der Waals surface area contributed by atoms with Crippen molar-refractivity contribution in [2.75, 3.05) is 32.8 Å². The highest BCUT2D eigenvalue weighted by Gasteiger charge is 2.63. The van der Waals surface area contributed by atoms with Crippen molar-refractivity contribution in [3.05, 3.63) is 12.7 Å². The average Bonchev–Trinajstić information content (AvgIpc) is 3.11. The molecule has 2 fully saturated rings. The smallest absolute Gasteiger partial charge is 0.410 e. The number of likely N-dealkylation sites (tertiary alicyclic amines) is 1. The monoisotopic (exact) mass is 467 g/mol. The van der Waals surface area contributed by atoms with Crippen LogP contribution in [0, 0.1) is 5.41 Å². The number of halogens is 4. The quantitative estimate of drug-likeness (QED) is 0.309. The zero-order chi connectivity index (χ0) is 24.5. The van der Waals surface area contributed by atoms with E-state index < -0.39 is 60.6 Å². The lowest BCUT2D eigenvalue weighted by Gasteiger charge is -2.35. The van der Waals surface area contributed by atoms with Gasteiger partial charge in [-0.1, -0.05) is 12.7 Å². The van der Waals surface area contributed by atoms with Gasteiger partial charge in [-0.05, 0) is 41.0 Å². The van der Waals surface area contributed by atoms with Gasteiger partial charge in [-0.15, -0.1) is 0 Å². The summed E-state index contributed by atoms with van der Waals surface area (Å²) in [5, 5.41) is 2.33. The number of carbonyl (C=O) groups is 2. The third-order valence-corrected chi connectivity index (χ3v) is 5.49. The Hall–Kier alpha value is -1.88. The lowest BCUT2D eigenvalue weighted by molar-refractivity contribution is -0.155. The zero-order valence-electron chi connectivity index (χ0n) is 19.2. The van der Waals surface area contributed by atoms with Gasteiger partial charge in [-0.25, -0.2) is 32.4 Å². The fourth-order valence-electron chi connectivity index (χ4n) is 3.97. The Morgan fingerprint density at radius 1 is 1.22 bits per heavy atom. The van der Waals surface area contributed by atoms with Crippen molar-refractivity contribution < 1.29 is 36.6 Å². The third kappa shape index (κ3) is 6.12. The minimum atomic E-state index is -3.34. The second kappa shape index (κ2) is 9.54. The fraction of sp³-hybridized carbons (Fsp3) is 0.810. The molecule has 0 aromatic carbocycles. The van der Waals surface area contributed by atoms with Crippen LogP contribution >= 0.6 is 0 Å². The van der Waals surface area contributed by atoms with Crippen LogP contribution in [0.4, 0.5) is 22.4 Å². The van der Waals surface area contributed by atoms with E-state index in [1.807, 2.05) is 0 Å². The summed E-state index contributed by atoms with van der Waals surface area (Å²) < 4.78 is 66.8. The van der Waals surface area contributed by atoms with E-state index in [1.54, 1.807) is 34.6 Å². The topological polar surface area (TPSA) is 62.3 Å². The summed E-state index contributed by atoms with van der Waals surface area (Å²) in [4.78, 5) is 25.8. The van der Waals surface area contributed by atoms with Crippen LogP contribution in [0.1, 0.15) is 41.0 Å². The van der Waals surface area contributed by atoms with Crippen LogP contribution in [-0.2, 0) is 14.3 Å². The summed E-state index contributed by atoms with van der Waals surface area (Å²) in [5.74, 6) is -3.88. The number of hydrogen-bond acceptors (Lipinski definition) is 6. The molecule has 11 heteroatoms. The molecule has 0 aromatic rings. The second-order valence-corrected chi connectivity index (χ2v) is 9.83. The van der Waals surface area contributed by atoms with Gasteiger partial charge in [0.2, 0.25) is 0 Å². The predicted octanol–water partition coefficient (Wildman–Crippen LogP) is 3.55. The molecule has 2 atom stereocenters. The van der Waals surface area contributed by atoms with Crippen LogP contribution in [0.2, 0.25) is 0 Å². The van der Waals surface area contributed by atoms with E-state index in [0.29, 0.717) is 0 Å². The number of carbonyl (C=O) groups excluding carboxylic acids is 2. The van der Waals surface area contributed by atoms with Crippen molar-refractivity contribution in [1.29, 1.82) is 0 Å². The van der Waals surface area contributed by atoms with E-state index in [9.17, 15) is 18.4 Å². The Balaban J connectivity index is 2.24. The number of alkyl halides is 4. The molecule has 2 heterocycles. The lowest BCUT2D eigenvalue weighted by Crippen LogP contribution is -2.51. The average molecular weight is 468 g/mol. The summed E-state index contributed by atoms with van der Waals surface area (Å²) in [6, 6.07) is -2.51. The number of nitrogens with zero attached hydrogens (tertiary/aromatic N) is 3. The van der Waals surface area contributed by atoms with E-state index >= 15 is 8.78 Å². The van der Waals surface area contributed by atoms with E-state index in [0.717, 1.165) is 9.91 Å². The van der Waals surface area contributed by atoms with Crippen molar-refractivity contribution in [3.8, 4) is 0 Å². The second-order valence-electron chi connectivity index (χ2n) is 9.83. The summed E-state index contributed by atoms with van der Waals surface area (Å²) in [6.45, 7) is 9.66. The maximum Gasteiger partial charge on any atom is 0.410 e. The van der Waals surface area contributed by atoms with E-state index in [-0.39, 0.29) is 26.1 Å². The Morgan fingerprint density at radius 2 is 1.84 bits per heavy atom. The SMILES string of the molecule is C=CCOC(=O)C(C)(C)CCN1[C@H]2[C@@H](CN1CC(F)F)N(C(=O)OC(C)(C)C)CC2(F)F. The van der Waals surface area contributed by atoms with Gasteiger partial charge in [0, 0.05) is 13.1 Å². The maximum atomic E-state index is 15.0. The van der Waals surface area contributed by atoms with Crippen LogP contribution in [0.3, 0.4) is 0 Å². The van der Waals surface area contributed by atoms with Crippen molar-refractivity contribution in [3.63, 3.8) is 0 Å². The lowest BCUT2D eigenvalue weighted by atomic mass is 9.89. The number of hydrogen-bond donors (Lipinski definition) is 0. The van der Waals surface area contributed by atoms with Crippen LogP contribution < -0.4 is 0 Å².